The lowest BCUT2D eigenvalue weighted by Gasteiger charge is -2.34. The first-order valence-corrected chi connectivity index (χ1v) is 5.44. The molecule has 0 spiro atoms. The first kappa shape index (κ1) is 13.1. The predicted molar refractivity (Wildman–Crippen MR) is 66.6 cm³/mol. The molecule has 0 unspecified atom stereocenters. The summed E-state index contributed by atoms with van der Waals surface area (Å²) in [5.41, 5.74) is -0.393. The maximum atomic E-state index is 11.1. The second kappa shape index (κ2) is 4.52. The van der Waals surface area contributed by atoms with Crippen LogP contribution in [0.1, 0.15) is 13.8 Å². The van der Waals surface area contributed by atoms with Crippen LogP contribution in [0.4, 0.5) is 5.69 Å². The molecule has 0 heterocycles. The van der Waals surface area contributed by atoms with Crippen LogP contribution in [0, 0.1) is 0 Å². The van der Waals surface area contributed by atoms with E-state index >= 15 is 0 Å². The molecule has 1 rings (SSSR count). The molecule has 0 aliphatic rings. The average Bonchev–Trinajstić information content (AvgIpc) is 2.16. The Kier molecular flexibility index (Phi) is 3.71. The zero-order valence-electron chi connectivity index (χ0n) is 9.29. The molecule has 0 radical (unpaired) electrons. The lowest BCUT2D eigenvalue weighted by Crippen LogP contribution is -2.48. The third-order valence-electron chi connectivity index (χ3n) is 2.63. The quantitative estimate of drug-likeness (QED) is 0.908. The second-order valence-corrected chi connectivity index (χ2v) is 4.86. The van der Waals surface area contributed by atoms with Crippen LogP contribution in [0.15, 0.2) is 18.2 Å². The van der Waals surface area contributed by atoms with Gasteiger partial charge in [-0.05, 0) is 32.0 Å². The van der Waals surface area contributed by atoms with E-state index in [0.29, 0.717) is 15.7 Å². The van der Waals surface area contributed by atoms with Crippen molar-refractivity contribution in [1.82, 2.24) is 0 Å². The highest BCUT2D eigenvalue weighted by Gasteiger charge is 2.33. The number of carbonyl (C=O) groups is 1. The van der Waals surface area contributed by atoms with Crippen LogP contribution in [0.3, 0.4) is 0 Å². The fourth-order valence-electron chi connectivity index (χ4n) is 1.20. The van der Waals surface area contributed by atoms with Gasteiger partial charge in [-0.2, -0.15) is 0 Å². The summed E-state index contributed by atoms with van der Waals surface area (Å²) in [4.78, 5) is 12.7. The van der Waals surface area contributed by atoms with Crippen LogP contribution in [0.25, 0.3) is 0 Å². The summed E-state index contributed by atoms with van der Waals surface area (Å²) in [6, 6.07) is 4.97. The summed E-state index contributed by atoms with van der Waals surface area (Å²) < 4.78 is 0. The largest absolute Gasteiger partial charge is 0.480 e. The fourth-order valence-corrected chi connectivity index (χ4v) is 1.73. The third kappa shape index (κ3) is 2.42. The monoisotopic (exact) mass is 261 g/mol. The normalized spacial score (nSPS) is 11.3. The van der Waals surface area contributed by atoms with E-state index in [1.165, 1.54) is 0 Å². The number of hydrogen-bond acceptors (Lipinski definition) is 2. The minimum absolute atomic E-state index is 0.435. The van der Waals surface area contributed by atoms with Gasteiger partial charge in [0.25, 0.3) is 0 Å². The van der Waals surface area contributed by atoms with Crippen LogP contribution in [-0.2, 0) is 4.79 Å². The van der Waals surface area contributed by atoms with E-state index in [4.69, 9.17) is 28.3 Å². The van der Waals surface area contributed by atoms with E-state index in [1.807, 2.05) is 0 Å². The number of anilines is 1. The van der Waals surface area contributed by atoms with Crippen LogP contribution in [-0.4, -0.2) is 23.7 Å². The molecule has 1 aromatic rings. The minimum Gasteiger partial charge on any atom is -0.480 e. The molecule has 0 fully saturated rings. The molecule has 0 saturated heterocycles. The number of carboxylic acid groups (broad SMARTS) is 1. The lowest BCUT2D eigenvalue weighted by molar-refractivity contribution is -0.142. The van der Waals surface area contributed by atoms with Crippen molar-refractivity contribution in [3.8, 4) is 0 Å². The topological polar surface area (TPSA) is 40.5 Å². The van der Waals surface area contributed by atoms with Crippen molar-refractivity contribution in [3.05, 3.63) is 28.2 Å². The first-order valence-electron chi connectivity index (χ1n) is 4.69. The summed E-state index contributed by atoms with van der Waals surface area (Å²) in [5.74, 6) is -0.916. The van der Waals surface area contributed by atoms with E-state index in [0.717, 1.165) is 0 Å². The van der Waals surface area contributed by atoms with Crippen molar-refractivity contribution in [2.24, 2.45) is 0 Å². The van der Waals surface area contributed by atoms with Crippen molar-refractivity contribution in [1.29, 1.82) is 0 Å². The lowest BCUT2D eigenvalue weighted by atomic mass is 10.0. The van der Waals surface area contributed by atoms with Crippen LogP contribution in [0.5, 0.6) is 0 Å². The van der Waals surface area contributed by atoms with E-state index < -0.39 is 11.5 Å². The van der Waals surface area contributed by atoms with Crippen molar-refractivity contribution < 1.29 is 9.90 Å². The van der Waals surface area contributed by atoms with Crippen LogP contribution in [0.2, 0.25) is 10.0 Å². The van der Waals surface area contributed by atoms with Gasteiger partial charge in [0.2, 0.25) is 0 Å². The van der Waals surface area contributed by atoms with E-state index in [1.54, 1.807) is 44.0 Å². The van der Waals surface area contributed by atoms with Gasteiger partial charge in [-0.1, -0.05) is 23.2 Å². The van der Waals surface area contributed by atoms with Crippen molar-refractivity contribution in [2.75, 3.05) is 11.9 Å². The number of nitrogens with zero attached hydrogens (tertiary/aromatic N) is 1. The van der Waals surface area contributed by atoms with Gasteiger partial charge in [0, 0.05) is 12.1 Å². The van der Waals surface area contributed by atoms with Crippen molar-refractivity contribution in [3.63, 3.8) is 0 Å². The third-order valence-corrected chi connectivity index (χ3v) is 3.17. The molecular formula is C11H13Cl2NO2. The molecule has 5 heteroatoms. The molecule has 1 aromatic carbocycles. The Morgan fingerprint density at radius 2 is 1.94 bits per heavy atom. The van der Waals surface area contributed by atoms with Crippen molar-refractivity contribution >= 4 is 34.9 Å². The molecule has 3 nitrogen and oxygen atoms in total. The van der Waals surface area contributed by atoms with Gasteiger partial charge in [-0.25, -0.2) is 4.79 Å². The zero-order chi connectivity index (χ0) is 12.5. The maximum absolute atomic E-state index is 11.1. The number of carboxylic acids is 1. The molecule has 0 amide bonds. The van der Waals surface area contributed by atoms with Gasteiger partial charge < -0.3 is 10.0 Å². The average molecular weight is 262 g/mol. The number of hydrogen-bond donors (Lipinski definition) is 1. The molecule has 88 valence electrons. The second-order valence-electron chi connectivity index (χ2n) is 4.02. The highest BCUT2D eigenvalue weighted by atomic mass is 35.5. The standard InChI is InChI=1S/C11H13Cl2NO2/c1-11(2,10(15)16)14(3)9-5-4-7(12)6-8(9)13/h4-6H,1-3H3,(H,15,16). The smallest absolute Gasteiger partial charge is 0.328 e. The summed E-state index contributed by atoms with van der Waals surface area (Å²) in [6.45, 7) is 3.22. The Hall–Kier alpha value is -0.930. The van der Waals surface area contributed by atoms with E-state index in [2.05, 4.69) is 0 Å². The Labute approximate surface area is 105 Å². The van der Waals surface area contributed by atoms with E-state index in [-0.39, 0.29) is 0 Å². The Morgan fingerprint density at radius 1 is 1.38 bits per heavy atom. The number of benzene rings is 1. The van der Waals surface area contributed by atoms with Crippen LogP contribution >= 0.6 is 23.2 Å². The van der Waals surface area contributed by atoms with Gasteiger partial charge in [0.15, 0.2) is 0 Å². The molecule has 0 aliphatic carbocycles. The van der Waals surface area contributed by atoms with Crippen molar-refractivity contribution in [2.45, 2.75) is 19.4 Å². The van der Waals surface area contributed by atoms with Crippen LogP contribution < -0.4 is 4.90 Å². The summed E-state index contributed by atoms with van der Waals surface area (Å²) in [5, 5.41) is 10.1. The Bertz CT molecular complexity index is 418. The van der Waals surface area contributed by atoms with Gasteiger partial charge in [0.05, 0.1) is 10.7 Å². The summed E-state index contributed by atoms with van der Waals surface area (Å²) in [6.07, 6.45) is 0. The Balaban J connectivity index is 3.14. The molecule has 0 saturated carbocycles. The predicted octanol–water partition coefficient (Wildman–Crippen LogP) is 3.29. The Morgan fingerprint density at radius 3 is 2.38 bits per heavy atom. The number of halogens is 2. The molecule has 0 aliphatic heterocycles. The van der Waals surface area contributed by atoms with Gasteiger partial charge in [-0.3, -0.25) is 0 Å². The summed E-state index contributed by atoms with van der Waals surface area (Å²) >= 11 is 11.8. The zero-order valence-corrected chi connectivity index (χ0v) is 10.8. The molecular weight excluding hydrogens is 249 g/mol. The molecule has 0 aromatic heterocycles. The van der Waals surface area contributed by atoms with Gasteiger partial charge in [-0.15, -0.1) is 0 Å². The number of aliphatic carboxylic acids is 1. The first-order chi connectivity index (χ1) is 7.26. The molecule has 0 bridgehead atoms. The SMILES string of the molecule is CN(c1ccc(Cl)cc1Cl)C(C)(C)C(=O)O. The number of likely N-dealkylation sites (N-methyl/N-ethyl adjacent to an activating group) is 1. The van der Waals surface area contributed by atoms with Gasteiger partial charge in [0.1, 0.15) is 5.54 Å². The minimum atomic E-state index is -1.03. The number of rotatable bonds is 3. The van der Waals surface area contributed by atoms with Gasteiger partial charge >= 0.3 is 5.97 Å². The molecule has 0 atom stereocenters. The highest BCUT2D eigenvalue weighted by Crippen LogP contribution is 2.31. The van der Waals surface area contributed by atoms with E-state index in [9.17, 15) is 4.79 Å². The molecule has 16 heavy (non-hydrogen) atoms. The summed E-state index contributed by atoms with van der Waals surface area (Å²) in [7, 11) is 1.68. The highest BCUT2D eigenvalue weighted by molar-refractivity contribution is 6.36. The maximum Gasteiger partial charge on any atom is 0.328 e. The molecule has 1 N–H and O–H groups in total. The fraction of sp³-hybridized carbons (Fsp3) is 0.364.